The van der Waals surface area contributed by atoms with Gasteiger partial charge in [0.1, 0.15) is 13.6 Å². The predicted octanol–water partition coefficient (Wildman–Crippen LogP) is 1.50. The molecule has 3 saturated carbocycles. The van der Waals surface area contributed by atoms with Crippen LogP contribution in [0.25, 0.3) is 0 Å². The lowest BCUT2D eigenvalue weighted by Crippen LogP contribution is -2.68. The standard InChI is InChI=1S/C22H35NO6/c1-23-8-14-20(18(25-3)7-19-22(14)29-10-28-19)13-6-15(24-2)11-4-16-17(27-9-26-16)5-12(11)21(13)23/h11-22H,4-10H2,1-3H3. The van der Waals surface area contributed by atoms with Crippen molar-refractivity contribution in [2.75, 3.05) is 41.4 Å². The van der Waals surface area contributed by atoms with Crippen LogP contribution in [-0.2, 0) is 28.4 Å². The van der Waals surface area contributed by atoms with E-state index < -0.39 is 0 Å². The molecule has 0 aromatic heterocycles. The lowest BCUT2D eigenvalue weighted by atomic mass is 9.53. The predicted molar refractivity (Wildman–Crippen MR) is 103 cm³/mol. The van der Waals surface area contributed by atoms with E-state index in [9.17, 15) is 0 Å². The Labute approximate surface area is 173 Å². The van der Waals surface area contributed by atoms with Crippen molar-refractivity contribution in [1.29, 1.82) is 0 Å². The highest BCUT2D eigenvalue weighted by molar-refractivity contribution is 5.11. The minimum Gasteiger partial charge on any atom is -0.381 e. The molecule has 0 aromatic carbocycles. The van der Waals surface area contributed by atoms with E-state index in [-0.39, 0.29) is 36.6 Å². The fourth-order valence-corrected chi connectivity index (χ4v) is 8.20. The van der Waals surface area contributed by atoms with Crippen LogP contribution in [0.3, 0.4) is 0 Å². The zero-order valence-corrected chi connectivity index (χ0v) is 17.8. The molecular weight excluding hydrogens is 374 g/mol. The first-order valence-corrected chi connectivity index (χ1v) is 11.4. The zero-order chi connectivity index (χ0) is 19.7. The average molecular weight is 410 g/mol. The molecule has 29 heavy (non-hydrogen) atoms. The second kappa shape index (κ2) is 7.40. The van der Waals surface area contributed by atoms with Crippen molar-refractivity contribution >= 4 is 0 Å². The molecule has 7 heteroatoms. The van der Waals surface area contributed by atoms with Crippen LogP contribution in [0.5, 0.6) is 0 Å². The van der Waals surface area contributed by atoms with Gasteiger partial charge in [-0.2, -0.15) is 0 Å². The molecule has 0 aromatic rings. The molecule has 3 saturated heterocycles. The molecule has 6 aliphatic rings. The Kier molecular flexibility index (Phi) is 4.95. The first-order chi connectivity index (χ1) is 14.2. The molecule has 3 heterocycles. The fourth-order valence-electron chi connectivity index (χ4n) is 8.20. The molecule has 3 aliphatic heterocycles. The highest BCUT2D eigenvalue weighted by atomic mass is 16.7. The Morgan fingerprint density at radius 3 is 2.14 bits per heavy atom. The topological polar surface area (TPSA) is 58.6 Å². The third-order valence-electron chi connectivity index (χ3n) is 9.22. The van der Waals surface area contributed by atoms with E-state index >= 15 is 0 Å². The van der Waals surface area contributed by atoms with Gasteiger partial charge in [-0.25, -0.2) is 0 Å². The Balaban J connectivity index is 1.34. The molecule has 6 rings (SSSR count). The third kappa shape index (κ3) is 2.89. The number of hydrogen-bond acceptors (Lipinski definition) is 7. The summed E-state index contributed by atoms with van der Waals surface area (Å²) in [5.41, 5.74) is 0. The van der Waals surface area contributed by atoms with Crippen molar-refractivity contribution in [3.8, 4) is 0 Å². The lowest BCUT2D eigenvalue weighted by molar-refractivity contribution is -0.191. The Hall–Kier alpha value is -0.280. The summed E-state index contributed by atoms with van der Waals surface area (Å²) in [6.45, 7) is 1.94. The molecular formula is C22H35NO6. The van der Waals surface area contributed by atoms with E-state index in [0.717, 1.165) is 32.2 Å². The van der Waals surface area contributed by atoms with E-state index in [1.807, 2.05) is 14.2 Å². The first kappa shape index (κ1) is 19.4. The van der Waals surface area contributed by atoms with Gasteiger partial charge in [-0.05, 0) is 50.0 Å². The molecule has 12 atom stereocenters. The van der Waals surface area contributed by atoms with Crippen LogP contribution in [0.1, 0.15) is 25.7 Å². The zero-order valence-electron chi connectivity index (χ0n) is 17.8. The van der Waals surface area contributed by atoms with Crippen molar-refractivity contribution in [3.63, 3.8) is 0 Å². The maximum Gasteiger partial charge on any atom is 0.147 e. The maximum absolute atomic E-state index is 6.12. The van der Waals surface area contributed by atoms with Gasteiger partial charge in [0.25, 0.3) is 0 Å². The molecule has 6 fully saturated rings. The van der Waals surface area contributed by atoms with Crippen LogP contribution < -0.4 is 0 Å². The number of piperidine rings is 1. The highest BCUT2D eigenvalue weighted by Crippen LogP contribution is 2.56. The number of likely N-dealkylation sites (tertiary alicyclic amines) is 1. The van der Waals surface area contributed by atoms with Crippen LogP contribution in [0, 0.1) is 29.6 Å². The number of hydrogen-bond donors (Lipinski definition) is 0. The largest absolute Gasteiger partial charge is 0.381 e. The molecule has 0 N–H and O–H groups in total. The van der Waals surface area contributed by atoms with Gasteiger partial charge >= 0.3 is 0 Å². The number of ether oxygens (including phenoxy) is 6. The SMILES string of the molecule is COC1CC2C3C(OC)CC4OCOC4C3CN(C)C2C2CC3OCOC3CC12. The van der Waals surface area contributed by atoms with Crippen LogP contribution in [0.15, 0.2) is 0 Å². The van der Waals surface area contributed by atoms with Crippen molar-refractivity contribution in [2.45, 2.75) is 68.3 Å². The second-order valence-corrected chi connectivity index (χ2v) is 10.1. The highest BCUT2D eigenvalue weighted by Gasteiger charge is 2.61. The van der Waals surface area contributed by atoms with E-state index in [4.69, 9.17) is 28.4 Å². The van der Waals surface area contributed by atoms with Crippen molar-refractivity contribution in [3.05, 3.63) is 0 Å². The molecule has 164 valence electrons. The van der Waals surface area contributed by atoms with Gasteiger partial charge in [-0.1, -0.05) is 0 Å². The van der Waals surface area contributed by atoms with Gasteiger partial charge in [0.2, 0.25) is 0 Å². The van der Waals surface area contributed by atoms with E-state index in [1.165, 1.54) is 0 Å². The van der Waals surface area contributed by atoms with E-state index in [0.29, 0.717) is 49.2 Å². The molecule has 7 nitrogen and oxygen atoms in total. The molecule has 3 aliphatic carbocycles. The lowest BCUT2D eigenvalue weighted by Gasteiger charge is -2.61. The van der Waals surface area contributed by atoms with Gasteiger partial charge < -0.3 is 33.3 Å². The first-order valence-electron chi connectivity index (χ1n) is 11.4. The maximum atomic E-state index is 6.12. The van der Waals surface area contributed by atoms with Crippen molar-refractivity contribution in [1.82, 2.24) is 4.90 Å². The smallest absolute Gasteiger partial charge is 0.147 e. The quantitative estimate of drug-likeness (QED) is 0.685. The van der Waals surface area contributed by atoms with Crippen LogP contribution in [0.2, 0.25) is 0 Å². The Bertz CT molecular complexity index is 620. The fraction of sp³-hybridized carbons (Fsp3) is 1.00. The second-order valence-electron chi connectivity index (χ2n) is 10.1. The summed E-state index contributed by atoms with van der Waals surface area (Å²) in [6, 6.07) is 0.550. The summed E-state index contributed by atoms with van der Waals surface area (Å²) in [6.07, 6.45) is 5.60. The van der Waals surface area contributed by atoms with Gasteiger partial charge in [-0.15, -0.1) is 0 Å². The molecule has 0 amide bonds. The summed E-state index contributed by atoms with van der Waals surface area (Å²) in [7, 11) is 6.08. The van der Waals surface area contributed by atoms with Crippen LogP contribution >= 0.6 is 0 Å². The van der Waals surface area contributed by atoms with Crippen LogP contribution in [0.4, 0.5) is 0 Å². The van der Waals surface area contributed by atoms with Gasteiger partial charge in [0.15, 0.2) is 0 Å². The van der Waals surface area contributed by atoms with Crippen molar-refractivity contribution < 1.29 is 28.4 Å². The summed E-state index contributed by atoms with van der Waals surface area (Å²) < 4.78 is 36.0. The van der Waals surface area contributed by atoms with Gasteiger partial charge in [-0.3, -0.25) is 0 Å². The van der Waals surface area contributed by atoms with Crippen LogP contribution in [-0.4, -0.2) is 89.0 Å². The number of methoxy groups -OCH3 is 2. The van der Waals surface area contributed by atoms with E-state index in [2.05, 4.69) is 11.9 Å². The van der Waals surface area contributed by atoms with E-state index in [1.54, 1.807) is 0 Å². The average Bonchev–Trinajstić information content (AvgIpc) is 3.39. The molecule has 0 bridgehead atoms. The molecule has 12 unspecified atom stereocenters. The molecule has 0 radical (unpaired) electrons. The Morgan fingerprint density at radius 1 is 0.690 bits per heavy atom. The number of nitrogens with zero attached hydrogens (tertiary/aromatic N) is 1. The third-order valence-corrected chi connectivity index (χ3v) is 9.22. The minimum atomic E-state index is 0.181. The summed E-state index contributed by atoms with van der Waals surface area (Å²) in [5, 5.41) is 0. The Morgan fingerprint density at radius 2 is 1.38 bits per heavy atom. The van der Waals surface area contributed by atoms with Gasteiger partial charge in [0.05, 0.1) is 36.6 Å². The summed E-state index contributed by atoms with van der Waals surface area (Å²) in [5.74, 6) is 2.65. The summed E-state index contributed by atoms with van der Waals surface area (Å²) >= 11 is 0. The number of rotatable bonds is 2. The number of fused-ring (bicyclic) bond motifs is 8. The monoisotopic (exact) mass is 409 g/mol. The van der Waals surface area contributed by atoms with Crippen molar-refractivity contribution in [2.24, 2.45) is 29.6 Å². The summed E-state index contributed by atoms with van der Waals surface area (Å²) in [4.78, 5) is 2.63. The van der Waals surface area contributed by atoms with Gasteiger partial charge in [0, 0.05) is 39.1 Å². The molecule has 0 spiro atoms. The minimum absolute atomic E-state index is 0.181. The normalized spacial score (nSPS) is 56.8.